The Bertz CT molecular complexity index is 778. The molecule has 0 N–H and O–H groups in total. The van der Waals surface area contributed by atoms with Gasteiger partial charge in [-0.1, -0.05) is 0 Å². The summed E-state index contributed by atoms with van der Waals surface area (Å²) in [5, 5.41) is 11.4. The molecule has 3 rings (SSSR count). The molecule has 0 saturated carbocycles. The molecule has 0 aliphatic carbocycles. The van der Waals surface area contributed by atoms with Gasteiger partial charge in [0.25, 0.3) is 0 Å². The Balaban J connectivity index is 2.14. The van der Waals surface area contributed by atoms with E-state index >= 15 is 0 Å². The summed E-state index contributed by atoms with van der Waals surface area (Å²) < 4.78 is 52.5. The van der Waals surface area contributed by atoms with Crippen molar-refractivity contribution in [2.45, 2.75) is 6.18 Å². The summed E-state index contributed by atoms with van der Waals surface area (Å²) in [6.45, 7) is 0. The van der Waals surface area contributed by atoms with Crippen molar-refractivity contribution in [2.75, 3.05) is 0 Å². The zero-order valence-corrected chi connectivity index (χ0v) is 9.76. The molecular weight excluding hydrogens is 276 g/mol. The van der Waals surface area contributed by atoms with E-state index in [1.807, 2.05) is 0 Å². The van der Waals surface area contributed by atoms with Crippen molar-refractivity contribution < 1.29 is 17.6 Å². The maximum atomic E-state index is 13.2. The van der Waals surface area contributed by atoms with E-state index in [2.05, 4.69) is 15.3 Å². The van der Waals surface area contributed by atoms with Crippen molar-refractivity contribution in [3.8, 4) is 11.3 Å². The predicted octanol–water partition coefficient (Wildman–Crippen LogP) is 2.95. The van der Waals surface area contributed by atoms with Crippen molar-refractivity contribution >= 4 is 5.65 Å². The Labute approximate surface area is 109 Å². The highest BCUT2D eigenvalue weighted by Gasteiger charge is 2.34. The molecule has 0 radical (unpaired) electrons. The normalized spacial score (nSPS) is 12.0. The van der Waals surface area contributed by atoms with E-state index in [1.165, 1.54) is 23.0 Å². The first-order chi connectivity index (χ1) is 9.45. The molecule has 0 bridgehead atoms. The van der Waals surface area contributed by atoms with Crippen LogP contribution in [-0.4, -0.2) is 19.8 Å². The van der Waals surface area contributed by atoms with Gasteiger partial charge in [0.2, 0.25) is 0 Å². The Kier molecular flexibility index (Phi) is 2.66. The summed E-state index contributed by atoms with van der Waals surface area (Å²) in [5.41, 5.74) is -0.426. The van der Waals surface area contributed by atoms with Crippen molar-refractivity contribution in [2.24, 2.45) is 0 Å². The summed E-state index contributed by atoms with van der Waals surface area (Å²) in [7, 11) is 0. The summed E-state index contributed by atoms with van der Waals surface area (Å²) in [4.78, 5) is 0. The minimum atomic E-state index is -4.75. The molecule has 0 saturated heterocycles. The fraction of sp³-hybridized carbons (Fsp3) is 0.0833. The highest BCUT2D eigenvalue weighted by molar-refractivity contribution is 5.61. The van der Waals surface area contributed by atoms with Crippen molar-refractivity contribution in [3.63, 3.8) is 0 Å². The van der Waals surface area contributed by atoms with Gasteiger partial charge < -0.3 is 0 Å². The molecule has 3 aromatic rings. The second-order valence-corrected chi connectivity index (χ2v) is 4.04. The quantitative estimate of drug-likeness (QED) is 0.644. The van der Waals surface area contributed by atoms with E-state index in [1.54, 1.807) is 6.07 Å². The lowest BCUT2D eigenvalue weighted by atomic mass is 10.1. The molecule has 8 heteroatoms. The highest BCUT2D eigenvalue weighted by atomic mass is 19.4. The van der Waals surface area contributed by atoms with Crippen LogP contribution in [0.4, 0.5) is 17.6 Å². The van der Waals surface area contributed by atoms with E-state index in [4.69, 9.17) is 0 Å². The number of rotatable bonds is 1. The summed E-state index contributed by atoms with van der Waals surface area (Å²) in [6.07, 6.45) is -3.42. The van der Waals surface area contributed by atoms with Crippen LogP contribution in [0.2, 0.25) is 0 Å². The molecule has 0 aliphatic rings. The molecule has 2 aromatic heterocycles. The van der Waals surface area contributed by atoms with Crippen LogP contribution in [0.1, 0.15) is 5.56 Å². The van der Waals surface area contributed by atoms with Crippen molar-refractivity contribution in [1.82, 2.24) is 19.8 Å². The highest BCUT2D eigenvalue weighted by Crippen LogP contribution is 2.33. The van der Waals surface area contributed by atoms with Gasteiger partial charge in [0.1, 0.15) is 12.1 Å². The number of hydrogen-bond acceptors (Lipinski definition) is 3. The minimum Gasteiger partial charge on any atom is -0.206 e. The second kappa shape index (κ2) is 4.26. The van der Waals surface area contributed by atoms with Gasteiger partial charge in [0, 0.05) is 5.56 Å². The fourth-order valence-electron chi connectivity index (χ4n) is 1.78. The van der Waals surface area contributed by atoms with E-state index in [0.29, 0.717) is 5.65 Å². The first-order valence-electron chi connectivity index (χ1n) is 5.49. The standard InChI is InChI=1S/C12H6F4N4/c13-9-2-1-7(5-8(9)12(14,15)16)10-3-4-11-18-17-6-20(11)19-10/h1-6H. The van der Waals surface area contributed by atoms with Gasteiger partial charge >= 0.3 is 6.18 Å². The Morgan fingerprint density at radius 3 is 2.60 bits per heavy atom. The van der Waals surface area contributed by atoms with Crippen LogP contribution in [0.5, 0.6) is 0 Å². The van der Waals surface area contributed by atoms with Gasteiger partial charge in [0.15, 0.2) is 5.65 Å². The molecular formula is C12H6F4N4. The molecule has 0 atom stereocenters. The Morgan fingerprint density at radius 1 is 1.05 bits per heavy atom. The van der Waals surface area contributed by atoms with Gasteiger partial charge in [-0.2, -0.15) is 22.8 Å². The second-order valence-electron chi connectivity index (χ2n) is 4.04. The number of benzene rings is 1. The molecule has 4 nitrogen and oxygen atoms in total. The zero-order valence-electron chi connectivity index (χ0n) is 9.76. The smallest absolute Gasteiger partial charge is 0.206 e. The van der Waals surface area contributed by atoms with Crippen LogP contribution in [0.3, 0.4) is 0 Å². The van der Waals surface area contributed by atoms with E-state index in [0.717, 1.165) is 12.1 Å². The largest absolute Gasteiger partial charge is 0.419 e. The maximum Gasteiger partial charge on any atom is 0.419 e. The van der Waals surface area contributed by atoms with Crippen molar-refractivity contribution in [1.29, 1.82) is 0 Å². The monoisotopic (exact) mass is 282 g/mol. The van der Waals surface area contributed by atoms with E-state index in [9.17, 15) is 17.6 Å². The molecule has 1 aromatic carbocycles. The van der Waals surface area contributed by atoms with Crippen LogP contribution in [0.15, 0.2) is 36.7 Å². The number of aromatic nitrogens is 4. The Hall–Kier alpha value is -2.51. The summed E-state index contributed by atoms with van der Waals surface area (Å²) in [6, 6.07) is 5.80. The molecule has 102 valence electrons. The summed E-state index contributed by atoms with van der Waals surface area (Å²) in [5.74, 6) is -1.31. The summed E-state index contributed by atoms with van der Waals surface area (Å²) >= 11 is 0. The van der Waals surface area contributed by atoms with Crippen LogP contribution in [-0.2, 0) is 6.18 Å². The van der Waals surface area contributed by atoms with Crippen LogP contribution < -0.4 is 0 Å². The van der Waals surface area contributed by atoms with Gasteiger partial charge in [0.05, 0.1) is 11.3 Å². The molecule has 0 unspecified atom stereocenters. The fourth-order valence-corrected chi connectivity index (χ4v) is 1.78. The number of alkyl halides is 3. The first kappa shape index (κ1) is 12.5. The van der Waals surface area contributed by atoms with Gasteiger partial charge in [-0.05, 0) is 30.3 Å². The maximum absolute atomic E-state index is 13.2. The third-order valence-electron chi connectivity index (χ3n) is 2.73. The third kappa shape index (κ3) is 2.09. The average Bonchev–Trinajstić information content (AvgIpc) is 2.85. The zero-order chi connectivity index (χ0) is 14.3. The molecule has 20 heavy (non-hydrogen) atoms. The SMILES string of the molecule is Fc1ccc(-c2ccc3nncn3n2)cc1C(F)(F)F. The van der Waals surface area contributed by atoms with E-state index in [-0.39, 0.29) is 11.3 Å². The number of halogens is 4. The lowest BCUT2D eigenvalue weighted by Gasteiger charge is -2.09. The topological polar surface area (TPSA) is 43.1 Å². The number of nitrogens with zero attached hydrogens (tertiary/aromatic N) is 4. The van der Waals surface area contributed by atoms with Gasteiger partial charge in [-0.25, -0.2) is 4.39 Å². The van der Waals surface area contributed by atoms with Crippen LogP contribution in [0, 0.1) is 5.82 Å². The molecule has 0 fully saturated rings. The average molecular weight is 282 g/mol. The first-order valence-corrected chi connectivity index (χ1v) is 5.49. The van der Waals surface area contributed by atoms with Crippen molar-refractivity contribution in [3.05, 3.63) is 48.0 Å². The lowest BCUT2D eigenvalue weighted by Crippen LogP contribution is -2.08. The van der Waals surface area contributed by atoms with E-state index < -0.39 is 17.6 Å². The number of hydrogen-bond donors (Lipinski definition) is 0. The lowest BCUT2D eigenvalue weighted by molar-refractivity contribution is -0.139. The van der Waals surface area contributed by atoms with Gasteiger partial charge in [-0.15, -0.1) is 10.2 Å². The van der Waals surface area contributed by atoms with Crippen LogP contribution in [0.25, 0.3) is 16.9 Å². The Morgan fingerprint density at radius 2 is 1.85 bits per heavy atom. The minimum absolute atomic E-state index is 0.161. The third-order valence-corrected chi connectivity index (χ3v) is 2.73. The predicted molar refractivity (Wildman–Crippen MR) is 61.2 cm³/mol. The number of fused-ring (bicyclic) bond motifs is 1. The van der Waals surface area contributed by atoms with Gasteiger partial charge in [-0.3, -0.25) is 0 Å². The molecule has 0 amide bonds. The molecule has 2 heterocycles. The molecule has 0 aliphatic heterocycles. The van der Waals surface area contributed by atoms with Crippen LogP contribution >= 0.6 is 0 Å². The molecule has 0 spiro atoms.